The Kier molecular flexibility index (Phi) is 5.65. The van der Waals surface area contributed by atoms with Crippen LogP contribution in [0, 0.1) is 17.6 Å². The van der Waals surface area contributed by atoms with Crippen LogP contribution in [0.2, 0.25) is 0 Å². The van der Waals surface area contributed by atoms with Crippen LogP contribution < -0.4 is 16.0 Å². The summed E-state index contributed by atoms with van der Waals surface area (Å²) < 4.78 is 27.3. The van der Waals surface area contributed by atoms with Crippen molar-refractivity contribution in [3.05, 3.63) is 35.4 Å². The van der Waals surface area contributed by atoms with Crippen molar-refractivity contribution in [2.75, 3.05) is 13.1 Å². The van der Waals surface area contributed by atoms with Gasteiger partial charge in [-0.25, -0.2) is 8.78 Å². The van der Waals surface area contributed by atoms with Gasteiger partial charge in [-0.15, -0.1) is 0 Å². The Morgan fingerprint density at radius 3 is 2.43 bits per heavy atom. The molecule has 126 valence electrons. The largest absolute Gasteiger partial charge is 0.350 e. The third-order valence-corrected chi connectivity index (χ3v) is 3.83. The summed E-state index contributed by atoms with van der Waals surface area (Å²) in [6.45, 7) is 5.01. The zero-order valence-electron chi connectivity index (χ0n) is 13.2. The molecule has 7 heteroatoms. The van der Waals surface area contributed by atoms with Crippen LogP contribution in [0.1, 0.15) is 30.6 Å². The Labute approximate surface area is 133 Å². The van der Waals surface area contributed by atoms with Gasteiger partial charge < -0.3 is 16.0 Å². The van der Waals surface area contributed by atoms with Crippen molar-refractivity contribution in [2.24, 2.45) is 5.92 Å². The monoisotopic (exact) mass is 325 g/mol. The van der Waals surface area contributed by atoms with Crippen LogP contribution in [0.5, 0.6) is 0 Å². The summed E-state index contributed by atoms with van der Waals surface area (Å²) in [6.07, 6.45) is 0.812. The summed E-state index contributed by atoms with van der Waals surface area (Å²) in [6, 6.07) is 2.34. The van der Waals surface area contributed by atoms with Gasteiger partial charge >= 0.3 is 0 Å². The molecule has 5 nitrogen and oxygen atoms in total. The van der Waals surface area contributed by atoms with Crippen molar-refractivity contribution in [2.45, 2.75) is 32.4 Å². The number of nitrogens with one attached hydrogen (secondary N) is 3. The molecule has 2 unspecified atom stereocenters. The predicted octanol–water partition coefficient (Wildman–Crippen LogP) is 1.20. The van der Waals surface area contributed by atoms with Crippen LogP contribution in [0.15, 0.2) is 18.2 Å². The Balaban J connectivity index is 2.09. The SMILES string of the molecule is CC(C)C(NC(=O)c1c(F)cccc1F)C(=O)NC1CCNC1. The summed E-state index contributed by atoms with van der Waals surface area (Å²) in [5.74, 6) is -3.41. The molecule has 3 N–H and O–H groups in total. The van der Waals surface area contributed by atoms with Crippen LogP contribution >= 0.6 is 0 Å². The molecule has 1 aromatic rings. The van der Waals surface area contributed by atoms with E-state index in [1.54, 1.807) is 13.8 Å². The first-order chi connectivity index (χ1) is 10.9. The van der Waals surface area contributed by atoms with Gasteiger partial charge in [0.25, 0.3) is 5.91 Å². The van der Waals surface area contributed by atoms with Crippen LogP contribution in [0.3, 0.4) is 0 Å². The molecule has 1 heterocycles. The van der Waals surface area contributed by atoms with E-state index in [1.165, 1.54) is 6.07 Å². The highest BCUT2D eigenvalue weighted by Gasteiger charge is 2.29. The van der Waals surface area contributed by atoms with Crippen molar-refractivity contribution in [3.8, 4) is 0 Å². The van der Waals surface area contributed by atoms with E-state index < -0.39 is 29.1 Å². The zero-order chi connectivity index (χ0) is 17.0. The molecule has 0 aliphatic carbocycles. The summed E-state index contributed by atoms with van der Waals surface area (Å²) in [5.41, 5.74) is -0.673. The fraction of sp³-hybridized carbons (Fsp3) is 0.500. The number of halogens is 2. The van der Waals surface area contributed by atoms with Crippen molar-refractivity contribution in [3.63, 3.8) is 0 Å². The fourth-order valence-electron chi connectivity index (χ4n) is 2.53. The van der Waals surface area contributed by atoms with Crippen LogP contribution in [-0.2, 0) is 4.79 Å². The lowest BCUT2D eigenvalue weighted by Crippen LogP contribution is -2.52. The maximum atomic E-state index is 13.7. The first-order valence-electron chi connectivity index (χ1n) is 7.66. The highest BCUT2D eigenvalue weighted by molar-refractivity contribution is 5.98. The minimum atomic E-state index is -0.953. The Morgan fingerprint density at radius 2 is 1.91 bits per heavy atom. The van der Waals surface area contributed by atoms with Gasteiger partial charge in [0.15, 0.2) is 0 Å². The van der Waals surface area contributed by atoms with Crippen molar-refractivity contribution < 1.29 is 18.4 Å². The van der Waals surface area contributed by atoms with Gasteiger partial charge in [0.05, 0.1) is 0 Å². The highest BCUT2D eigenvalue weighted by atomic mass is 19.1. The number of carbonyl (C=O) groups excluding carboxylic acids is 2. The number of benzene rings is 1. The maximum Gasteiger partial charge on any atom is 0.257 e. The molecule has 0 bridgehead atoms. The third kappa shape index (κ3) is 4.25. The van der Waals surface area contributed by atoms with E-state index >= 15 is 0 Å². The second-order valence-electron chi connectivity index (χ2n) is 5.99. The number of hydrogen-bond donors (Lipinski definition) is 3. The molecular weight excluding hydrogens is 304 g/mol. The van der Waals surface area contributed by atoms with Crippen LogP contribution in [0.25, 0.3) is 0 Å². The summed E-state index contributed by atoms with van der Waals surface area (Å²) in [7, 11) is 0. The molecule has 0 aromatic heterocycles. The summed E-state index contributed by atoms with van der Waals surface area (Å²) in [4.78, 5) is 24.5. The summed E-state index contributed by atoms with van der Waals surface area (Å²) in [5, 5.41) is 8.41. The van der Waals surface area contributed by atoms with E-state index in [9.17, 15) is 18.4 Å². The molecule has 1 aliphatic rings. The summed E-state index contributed by atoms with van der Waals surface area (Å²) >= 11 is 0. The lowest BCUT2D eigenvalue weighted by atomic mass is 10.0. The van der Waals surface area contributed by atoms with Gasteiger partial charge in [0.1, 0.15) is 23.2 Å². The van der Waals surface area contributed by atoms with Gasteiger partial charge in [-0.05, 0) is 31.0 Å². The molecular formula is C16H21F2N3O2. The predicted molar refractivity (Wildman–Crippen MR) is 81.9 cm³/mol. The highest BCUT2D eigenvalue weighted by Crippen LogP contribution is 2.13. The van der Waals surface area contributed by atoms with Gasteiger partial charge in [-0.3, -0.25) is 9.59 Å². The number of hydrogen-bond acceptors (Lipinski definition) is 3. The average molecular weight is 325 g/mol. The van der Waals surface area contributed by atoms with E-state index in [-0.39, 0.29) is 17.9 Å². The topological polar surface area (TPSA) is 70.2 Å². The quantitative estimate of drug-likeness (QED) is 0.762. The lowest BCUT2D eigenvalue weighted by Gasteiger charge is -2.23. The first-order valence-corrected chi connectivity index (χ1v) is 7.66. The smallest absolute Gasteiger partial charge is 0.257 e. The molecule has 0 spiro atoms. The van der Waals surface area contributed by atoms with E-state index in [0.717, 1.165) is 25.1 Å². The fourth-order valence-corrected chi connectivity index (χ4v) is 2.53. The van der Waals surface area contributed by atoms with Gasteiger partial charge in [-0.1, -0.05) is 19.9 Å². The molecule has 1 aromatic carbocycles. The molecule has 2 amide bonds. The third-order valence-electron chi connectivity index (χ3n) is 3.83. The van der Waals surface area contributed by atoms with Gasteiger partial charge in [0, 0.05) is 12.6 Å². The Hall–Kier alpha value is -2.02. The molecule has 2 rings (SSSR count). The molecule has 1 aliphatic heterocycles. The molecule has 23 heavy (non-hydrogen) atoms. The van der Waals surface area contributed by atoms with Crippen molar-refractivity contribution in [1.82, 2.24) is 16.0 Å². The molecule has 0 radical (unpaired) electrons. The van der Waals surface area contributed by atoms with E-state index in [4.69, 9.17) is 0 Å². The average Bonchev–Trinajstić information content (AvgIpc) is 2.97. The van der Waals surface area contributed by atoms with E-state index in [1.807, 2.05) is 0 Å². The molecule has 1 fully saturated rings. The van der Waals surface area contributed by atoms with E-state index in [2.05, 4.69) is 16.0 Å². The number of rotatable bonds is 5. The minimum Gasteiger partial charge on any atom is -0.350 e. The molecule has 1 saturated heterocycles. The van der Waals surface area contributed by atoms with Crippen LogP contribution in [0.4, 0.5) is 8.78 Å². The lowest BCUT2D eigenvalue weighted by molar-refractivity contribution is -0.124. The maximum absolute atomic E-state index is 13.7. The van der Waals surface area contributed by atoms with Gasteiger partial charge in [-0.2, -0.15) is 0 Å². The van der Waals surface area contributed by atoms with Crippen LogP contribution in [-0.4, -0.2) is 37.0 Å². The van der Waals surface area contributed by atoms with Crippen molar-refractivity contribution in [1.29, 1.82) is 0 Å². The van der Waals surface area contributed by atoms with E-state index in [0.29, 0.717) is 6.54 Å². The van der Waals surface area contributed by atoms with Gasteiger partial charge in [0.2, 0.25) is 5.91 Å². The Bertz CT molecular complexity index is 566. The van der Waals surface area contributed by atoms with Crippen molar-refractivity contribution >= 4 is 11.8 Å². The molecule has 2 atom stereocenters. The Morgan fingerprint density at radius 1 is 1.26 bits per heavy atom. The number of amides is 2. The standard InChI is InChI=1S/C16H21F2N3O2/c1-9(2)14(16(23)20-10-6-7-19-8-10)21-15(22)13-11(17)4-3-5-12(13)18/h3-5,9-10,14,19H,6-8H2,1-2H3,(H,20,23)(H,21,22). The minimum absolute atomic E-state index is 0.00542. The second-order valence-corrected chi connectivity index (χ2v) is 5.99. The number of carbonyl (C=O) groups is 2. The first kappa shape index (κ1) is 17.3. The zero-order valence-corrected chi connectivity index (χ0v) is 13.2. The second kappa shape index (κ2) is 7.50. The molecule has 0 saturated carbocycles. The normalized spacial score (nSPS) is 18.7.